The third-order valence-electron chi connectivity index (χ3n) is 2.94. The Labute approximate surface area is 133 Å². The van der Waals surface area contributed by atoms with Crippen molar-refractivity contribution in [3.05, 3.63) is 65.2 Å². The first-order valence-corrected chi connectivity index (χ1v) is 6.94. The largest absolute Gasteiger partial charge is 0.478 e. The van der Waals surface area contributed by atoms with Crippen molar-refractivity contribution in [1.29, 1.82) is 0 Å². The summed E-state index contributed by atoms with van der Waals surface area (Å²) in [5, 5.41) is 2.65. The Kier molecular flexibility index (Phi) is 5.70. The molecule has 0 saturated heterocycles. The second-order valence-electron chi connectivity index (χ2n) is 4.77. The molecule has 0 spiro atoms. The minimum absolute atomic E-state index is 0.0527. The Balaban J connectivity index is 1.77. The number of hydrogen-bond donors (Lipinski definition) is 1. The van der Waals surface area contributed by atoms with Crippen LogP contribution in [0, 0.1) is 30.4 Å². The van der Waals surface area contributed by atoms with Crippen molar-refractivity contribution < 1.29 is 18.3 Å². The van der Waals surface area contributed by atoms with E-state index in [1.807, 2.05) is 13.0 Å². The molecule has 0 saturated carbocycles. The molecular formula is C18H15F2NO2. The van der Waals surface area contributed by atoms with Gasteiger partial charge in [0.25, 0.3) is 5.91 Å². The lowest BCUT2D eigenvalue weighted by Gasteiger charge is -2.03. The number of halogens is 2. The average Bonchev–Trinajstić information content (AvgIpc) is 2.52. The molecule has 0 unspecified atom stereocenters. The maximum absolute atomic E-state index is 13.3. The molecule has 1 amide bonds. The van der Waals surface area contributed by atoms with E-state index in [-0.39, 0.29) is 24.8 Å². The highest BCUT2D eigenvalue weighted by molar-refractivity contribution is 5.94. The molecule has 2 rings (SSSR count). The molecule has 0 heterocycles. The van der Waals surface area contributed by atoms with Gasteiger partial charge >= 0.3 is 0 Å². The van der Waals surface area contributed by atoms with E-state index in [4.69, 9.17) is 4.74 Å². The first-order chi connectivity index (χ1) is 11.1. The Morgan fingerprint density at radius 2 is 2.00 bits per heavy atom. The van der Waals surface area contributed by atoms with Crippen LogP contribution in [-0.2, 0) is 0 Å². The third-order valence-corrected chi connectivity index (χ3v) is 2.94. The van der Waals surface area contributed by atoms with E-state index >= 15 is 0 Å². The highest BCUT2D eigenvalue weighted by Gasteiger charge is 2.04. The molecule has 0 aliphatic carbocycles. The molecule has 1 N–H and O–H groups in total. The highest BCUT2D eigenvalue weighted by Crippen LogP contribution is 2.17. The summed E-state index contributed by atoms with van der Waals surface area (Å²) in [5.74, 6) is 3.62. The fraction of sp³-hybridized carbons (Fsp3) is 0.167. The lowest BCUT2D eigenvalue weighted by molar-refractivity contribution is 0.0958. The molecule has 118 valence electrons. The first kappa shape index (κ1) is 16.5. The summed E-state index contributed by atoms with van der Waals surface area (Å²) >= 11 is 0. The second-order valence-corrected chi connectivity index (χ2v) is 4.77. The quantitative estimate of drug-likeness (QED) is 0.881. The Morgan fingerprint density at radius 3 is 2.74 bits per heavy atom. The van der Waals surface area contributed by atoms with Gasteiger partial charge in [-0.1, -0.05) is 29.5 Å². The molecule has 0 fully saturated rings. The van der Waals surface area contributed by atoms with E-state index in [0.29, 0.717) is 5.56 Å². The van der Waals surface area contributed by atoms with Gasteiger partial charge in [-0.3, -0.25) is 4.79 Å². The van der Waals surface area contributed by atoms with Gasteiger partial charge < -0.3 is 10.1 Å². The number of rotatable bonds is 4. The van der Waals surface area contributed by atoms with Crippen LogP contribution in [0.3, 0.4) is 0 Å². The number of benzene rings is 2. The fourth-order valence-electron chi connectivity index (χ4n) is 1.83. The van der Waals surface area contributed by atoms with Crippen molar-refractivity contribution in [1.82, 2.24) is 5.32 Å². The van der Waals surface area contributed by atoms with Crippen molar-refractivity contribution in [2.24, 2.45) is 0 Å². The molecule has 0 aromatic heterocycles. The van der Waals surface area contributed by atoms with Crippen molar-refractivity contribution in [3.8, 4) is 17.6 Å². The summed E-state index contributed by atoms with van der Waals surface area (Å²) < 4.78 is 31.1. The molecule has 5 heteroatoms. The summed E-state index contributed by atoms with van der Waals surface area (Å²) in [7, 11) is 0. The van der Waals surface area contributed by atoms with Crippen LogP contribution in [0.2, 0.25) is 0 Å². The van der Waals surface area contributed by atoms with Gasteiger partial charge in [0, 0.05) is 11.6 Å². The average molecular weight is 315 g/mol. The number of carbonyl (C=O) groups is 1. The van der Waals surface area contributed by atoms with Crippen molar-refractivity contribution in [3.63, 3.8) is 0 Å². The van der Waals surface area contributed by atoms with E-state index in [9.17, 15) is 13.6 Å². The number of amides is 1. The number of hydrogen-bond acceptors (Lipinski definition) is 2. The van der Waals surface area contributed by atoms with Crippen LogP contribution in [0.1, 0.15) is 15.9 Å². The number of ether oxygens (including phenoxy) is 1. The molecule has 0 atom stereocenters. The summed E-state index contributed by atoms with van der Waals surface area (Å²) in [4.78, 5) is 11.8. The Bertz CT molecular complexity index is 763. The fourth-order valence-corrected chi connectivity index (χ4v) is 1.83. The highest BCUT2D eigenvalue weighted by atomic mass is 19.1. The molecule has 2 aromatic carbocycles. The smallest absolute Gasteiger partial charge is 0.252 e. The van der Waals surface area contributed by atoms with E-state index in [1.165, 1.54) is 6.07 Å². The van der Waals surface area contributed by atoms with Gasteiger partial charge in [-0.25, -0.2) is 8.78 Å². The Morgan fingerprint density at radius 1 is 1.17 bits per heavy atom. The number of aryl methyl sites for hydroxylation is 1. The van der Waals surface area contributed by atoms with E-state index in [0.717, 1.165) is 17.7 Å². The molecule has 0 aliphatic rings. The molecule has 23 heavy (non-hydrogen) atoms. The van der Waals surface area contributed by atoms with Crippen molar-refractivity contribution >= 4 is 5.91 Å². The summed E-state index contributed by atoms with van der Waals surface area (Å²) in [5.41, 5.74) is 1.56. The van der Waals surface area contributed by atoms with Gasteiger partial charge in [0.05, 0.1) is 6.54 Å². The van der Waals surface area contributed by atoms with Crippen LogP contribution in [0.4, 0.5) is 8.78 Å². The maximum Gasteiger partial charge on any atom is 0.252 e. The van der Waals surface area contributed by atoms with Gasteiger partial charge in [0.15, 0.2) is 11.6 Å². The third kappa shape index (κ3) is 5.11. The molecule has 0 bridgehead atoms. The maximum atomic E-state index is 13.3. The lowest BCUT2D eigenvalue weighted by atomic mass is 10.1. The van der Waals surface area contributed by atoms with E-state index in [2.05, 4.69) is 17.2 Å². The summed E-state index contributed by atoms with van der Waals surface area (Å²) in [6.07, 6.45) is 0. The van der Waals surface area contributed by atoms with Gasteiger partial charge in [0.2, 0.25) is 0 Å². The minimum Gasteiger partial charge on any atom is -0.478 e. The zero-order valence-electron chi connectivity index (χ0n) is 12.5. The number of carbonyl (C=O) groups excluding carboxylic acids is 1. The predicted molar refractivity (Wildman–Crippen MR) is 83.1 cm³/mol. The summed E-state index contributed by atoms with van der Waals surface area (Å²) in [6.45, 7) is 2.01. The van der Waals surface area contributed by atoms with Crippen LogP contribution in [0.25, 0.3) is 0 Å². The summed E-state index contributed by atoms with van der Waals surface area (Å²) in [6, 6.07) is 10.3. The zero-order chi connectivity index (χ0) is 16.7. The standard InChI is InChI=1S/C18H15F2NO2/c1-13-5-4-6-14(11-13)18(22)21-9-2-3-10-23-17-8-7-15(19)12-16(17)20/h4-8,11-12H,9-10H2,1H3,(H,21,22). The Hall–Kier alpha value is -2.87. The van der Waals surface area contributed by atoms with Crippen LogP contribution >= 0.6 is 0 Å². The van der Waals surface area contributed by atoms with Gasteiger partial charge in [-0.05, 0) is 31.2 Å². The van der Waals surface area contributed by atoms with Crippen LogP contribution < -0.4 is 10.1 Å². The van der Waals surface area contributed by atoms with E-state index in [1.54, 1.807) is 18.2 Å². The topological polar surface area (TPSA) is 38.3 Å². The van der Waals surface area contributed by atoms with Gasteiger partial charge in [-0.2, -0.15) is 0 Å². The zero-order valence-corrected chi connectivity index (χ0v) is 12.5. The molecular weight excluding hydrogens is 300 g/mol. The number of nitrogens with one attached hydrogen (secondary N) is 1. The second kappa shape index (κ2) is 7.95. The lowest BCUT2D eigenvalue weighted by Crippen LogP contribution is -2.23. The van der Waals surface area contributed by atoms with Crippen molar-refractivity contribution in [2.45, 2.75) is 6.92 Å². The van der Waals surface area contributed by atoms with Crippen LogP contribution in [0.15, 0.2) is 42.5 Å². The normalized spacial score (nSPS) is 9.70. The predicted octanol–water partition coefficient (Wildman–Crippen LogP) is 3.09. The monoisotopic (exact) mass is 315 g/mol. The SMILES string of the molecule is Cc1cccc(C(=O)NCC#CCOc2ccc(F)cc2F)c1. The molecule has 0 aliphatic heterocycles. The van der Waals surface area contributed by atoms with Crippen molar-refractivity contribution in [2.75, 3.05) is 13.2 Å². The molecule has 0 radical (unpaired) electrons. The van der Waals surface area contributed by atoms with Gasteiger partial charge in [0.1, 0.15) is 12.4 Å². The first-order valence-electron chi connectivity index (χ1n) is 6.94. The van der Waals surface area contributed by atoms with Crippen LogP contribution in [-0.4, -0.2) is 19.1 Å². The van der Waals surface area contributed by atoms with E-state index < -0.39 is 11.6 Å². The molecule has 2 aromatic rings. The van der Waals surface area contributed by atoms with Gasteiger partial charge in [-0.15, -0.1) is 0 Å². The molecule has 3 nitrogen and oxygen atoms in total. The minimum atomic E-state index is -0.778. The van der Waals surface area contributed by atoms with Crippen LogP contribution in [0.5, 0.6) is 5.75 Å².